The molecule has 0 spiro atoms. The number of rotatable bonds is 6. The number of aliphatic hydroxyl groups is 1. The van der Waals surface area contributed by atoms with E-state index in [0.717, 1.165) is 0 Å². The molecule has 0 heterocycles. The number of benzene rings is 1. The molecule has 0 aromatic heterocycles. The lowest BCUT2D eigenvalue weighted by Gasteiger charge is -2.07. The monoisotopic (exact) mass is 244 g/mol. The van der Waals surface area contributed by atoms with Crippen LogP contribution in [0.3, 0.4) is 0 Å². The van der Waals surface area contributed by atoms with Gasteiger partial charge in [-0.1, -0.05) is 12.1 Å². The quantitative estimate of drug-likeness (QED) is 0.583. The van der Waals surface area contributed by atoms with Gasteiger partial charge >= 0.3 is 0 Å². The van der Waals surface area contributed by atoms with Gasteiger partial charge in [0.1, 0.15) is 12.4 Å². The number of Topliss-reactive ketones (excluding diaryl/α,β-unsaturated/α-hetero) is 1. The Morgan fingerprint density at radius 2 is 2.25 bits per heavy atom. The molecular weight excluding hydrogens is 232 g/mol. The summed E-state index contributed by atoms with van der Waals surface area (Å²) in [6, 6.07) is 6.01. The van der Waals surface area contributed by atoms with Crippen molar-refractivity contribution in [3.05, 3.63) is 29.8 Å². The van der Waals surface area contributed by atoms with E-state index in [1.54, 1.807) is 12.1 Å². The lowest BCUT2D eigenvalue weighted by molar-refractivity contribution is 0.0436. The van der Waals surface area contributed by atoms with Crippen LogP contribution in [-0.4, -0.2) is 41.2 Å². The van der Waals surface area contributed by atoms with Crippen molar-refractivity contribution in [1.29, 1.82) is 0 Å². The largest absolute Gasteiger partial charge is 0.508 e. The molecule has 1 atom stereocenters. The second kappa shape index (κ2) is 6.48. The molecular formula is C11H13ClO4. The number of phenols is 1. The number of hydrogen-bond donors (Lipinski definition) is 2. The highest BCUT2D eigenvalue weighted by molar-refractivity contribution is 6.18. The first-order valence-electron chi connectivity index (χ1n) is 4.77. The maximum Gasteiger partial charge on any atom is 0.188 e. The number of aromatic hydroxyl groups is 1. The predicted octanol–water partition coefficient (Wildman–Crippen LogP) is 1.19. The van der Waals surface area contributed by atoms with Crippen molar-refractivity contribution in [3.8, 4) is 5.75 Å². The lowest BCUT2D eigenvalue weighted by Crippen LogP contribution is -2.20. The summed E-state index contributed by atoms with van der Waals surface area (Å²) in [5, 5.41) is 18.2. The van der Waals surface area contributed by atoms with Gasteiger partial charge in [0.15, 0.2) is 5.78 Å². The minimum atomic E-state index is -0.765. The van der Waals surface area contributed by atoms with E-state index in [4.69, 9.17) is 26.6 Å². The van der Waals surface area contributed by atoms with Crippen molar-refractivity contribution >= 4 is 17.4 Å². The molecule has 16 heavy (non-hydrogen) atoms. The molecule has 0 fully saturated rings. The van der Waals surface area contributed by atoms with Gasteiger partial charge in [0.2, 0.25) is 0 Å². The van der Waals surface area contributed by atoms with E-state index < -0.39 is 6.10 Å². The molecule has 0 amide bonds. The van der Waals surface area contributed by atoms with Gasteiger partial charge in [-0.3, -0.25) is 4.79 Å². The Hall–Kier alpha value is -1.10. The van der Waals surface area contributed by atoms with Gasteiger partial charge in [-0.2, -0.15) is 0 Å². The summed E-state index contributed by atoms with van der Waals surface area (Å²) >= 11 is 5.36. The molecule has 1 unspecified atom stereocenters. The van der Waals surface area contributed by atoms with Crippen LogP contribution in [0.15, 0.2) is 24.3 Å². The molecule has 0 saturated heterocycles. The van der Waals surface area contributed by atoms with Crippen LogP contribution in [-0.2, 0) is 4.74 Å². The van der Waals surface area contributed by atoms with Crippen LogP contribution in [0.4, 0.5) is 0 Å². The maximum absolute atomic E-state index is 11.5. The number of alkyl halides is 1. The minimum absolute atomic E-state index is 0.0219. The Morgan fingerprint density at radius 3 is 2.88 bits per heavy atom. The molecule has 0 radical (unpaired) electrons. The summed E-state index contributed by atoms with van der Waals surface area (Å²) in [7, 11) is 0. The van der Waals surface area contributed by atoms with Crippen LogP contribution in [0.1, 0.15) is 10.4 Å². The Balaban J connectivity index is 2.41. The van der Waals surface area contributed by atoms with Crippen LogP contribution in [0, 0.1) is 0 Å². The van der Waals surface area contributed by atoms with Gasteiger partial charge in [0.25, 0.3) is 0 Å². The van der Waals surface area contributed by atoms with Crippen molar-refractivity contribution in [2.24, 2.45) is 0 Å². The molecule has 88 valence electrons. The summed E-state index contributed by atoms with van der Waals surface area (Å²) in [4.78, 5) is 11.5. The topological polar surface area (TPSA) is 66.8 Å². The summed E-state index contributed by atoms with van der Waals surface area (Å²) in [6.07, 6.45) is -0.765. The molecule has 5 heteroatoms. The molecule has 0 aliphatic heterocycles. The Morgan fingerprint density at radius 1 is 1.50 bits per heavy atom. The van der Waals surface area contributed by atoms with Gasteiger partial charge < -0.3 is 14.9 Å². The highest BCUT2D eigenvalue weighted by Gasteiger charge is 2.08. The van der Waals surface area contributed by atoms with Gasteiger partial charge in [-0.15, -0.1) is 11.6 Å². The third-order valence-electron chi connectivity index (χ3n) is 1.89. The SMILES string of the molecule is O=C(COCC(O)CCl)c1cccc(O)c1. The number of aliphatic hydroxyl groups excluding tert-OH is 1. The van der Waals surface area contributed by atoms with E-state index in [1.165, 1.54) is 12.1 Å². The molecule has 1 aromatic rings. The van der Waals surface area contributed by atoms with Gasteiger partial charge in [0.05, 0.1) is 18.6 Å². The molecule has 4 nitrogen and oxygen atoms in total. The van der Waals surface area contributed by atoms with Crippen molar-refractivity contribution in [3.63, 3.8) is 0 Å². The zero-order valence-corrected chi connectivity index (χ0v) is 9.35. The van der Waals surface area contributed by atoms with E-state index in [9.17, 15) is 4.79 Å². The highest BCUT2D eigenvalue weighted by atomic mass is 35.5. The summed E-state index contributed by atoms with van der Waals surface area (Å²) in [5.74, 6) is -0.148. The number of phenolic OH excluding ortho intramolecular Hbond substituents is 1. The van der Waals surface area contributed by atoms with Crippen LogP contribution in [0.2, 0.25) is 0 Å². The standard InChI is InChI=1S/C11H13ClO4/c12-5-10(14)6-16-7-11(15)8-2-1-3-9(13)4-8/h1-4,10,13-14H,5-7H2. The van der Waals surface area contributed by atoms with Gasteiger partial charge in [-0.25, -0.2) is 0 Å². The molecule has 2 N–H and O–H groups in total. The van der Waals surface area contributed by atoms with Crippen LogP contribution in [0.25, 0.3) is 0 Å². The number of ether oxygens (including phenoxy) is 1. The van der Waals surface area contributed by atoms with Crippen LogP contribution in [0.5, 0.6) is 5.75 Å². The first-order chi connectivity index (χ1) is 7.63. The van der Waals surface area contributed by atoms with Crippen LogP contribution < -0.4 is 0 Å². The van der Waals surface area contributed by atoms with Crippen molar-refractivity contribution in [1.82, 2.24) is 0 Å². The number of carbonyl (C=O) groups excluding carboxylic acids is 1. The third kappa shape index (κ3) is 4.18. The van der Waals surface area contributed by atoms with Gasteiger partial charge in [-0.05, 0) is 12.1 Å². The number of ketones is 1. The minimum Gasteiger partial charge on any atom is -0.508 e. The lowest BCUT2D eigenvalue weighted by atomic mass is 10.1. The van der Waals surface area contributed by atoms with Crippen molar-refractivity contribution in [2.45, 2.75) is 6.10 Å². The molecule has 0 bridgehead atoms. The van der Waals surface area contributed by atoms with Crippen molar-refractivity contribution < 1.29 is 19.7 Å². The van der Waals surface area contributed by atoms with E-state index in [1.807, 2.05) is 0 Å². The maximum atomic E-state index is 11.5. The fraction of sp³-hybridized carbons (Fsp3) is 0.364. The van der Waals surface area contributed by atoms with E-state index in [0.29, 0.717) is 5.56 Å². The number of hydrogen-bond acceptors (Lipinski definition) is 4. The normalized spacial score (nSPS) is 12.4. The summed E-state index contributed by atoms with van der Waals surface area (Å²) < 4.78 is 4.98. The highest BCUT2D eigenvalue weighted by Crippen LogP contribution is 2.11. The van der Waals surface area contributed by atoms with Gasteiger partial charge in [0, 0.05) is 5.56 Å². The third-order valence-corrected chi connectivity index (χ3v) is 2.25. The zero-order valence-electron chi connectivity index (χ0n) is 8.60. The van der Waals surface area contributed by atoms with E-state index in [2.05, 4.69) is 0 Å². The first-order valence-corrected chi connectivity index (χ1v) is 5.31. The van der Waals surface area contributed by atoms with Crippen molar-refractivity contribution in [2.75, 3.05) is 19.1 Å². The average Bonchev–Trinajstić information content (AvgIpc) is 2.28. The molecule has 1 aromatic carbocycles. The Kier molecular flexibility index (Phi) is 5.25. The van der Waals surface area contributed by atoms with Crippen LogP contribution >= 0.6 is 11.6 Å². The average molecular weight is 245 g/mol. The number of carbonyl (C=O) groups is 1. The van der Waals surface area contributed by atoms with E-state index >= 15 is 0 Å². The second-order valence-corrected chi connectivity index (χ2v) is 3.61. The molecule has 0 aliphatic carbocycles. The Labute approximate surface area is 98.4 Å². The fourth-order valence-electron chi connectivity index (χ4n) is 1.09. The molecule has 1 rings (SSSR count). The van der Waals surface area contributed by atoms with E-state index in [-0.39, 0.29) is 30.6 Å². The molecule has 0 aliphatic rings. The number of halogens is 1. The predicted molar refractivity (Wildman–Crippen MR) is 60.0 cm³/mol. The second-order valence-electron chi connectivity index (χ2n) is 3.30. The molecule has 0 saturated carbocycles. The fourth-order valence-corrected chi connectivity index (χ4v) is 1.18. The smallest absolute Gasteiger partial charge is 0.188 e. The summed E-state index contributed by atoms with van der Waals surface area (Å²) in [6.45, 7) is -0.120. The Bertz CT molecular complexity index is 354. The first kappa shape index (κ1) is 13.0. The summed E-state index contributed by atoms with van der Waals surface area (Å²) in [5.41, 5.74) is 0.375. The zero-order chi connectivity index (χ0) is 12.0.